The molecule has 0 radical (unpaired) electrons. The van der Waals surface area contributed by atoms with Crippen LogP contribution in [0, 0.1) is 5.92 Å². The fourth-order valence-corrected chi connectivity index (χ4v) is 3.26. The molecule has 0 aromatic carbocycles. The van der Waals surface area contributed by atoms with E-state index in [1.165, 1.54) is 70.6 Å². The van der Waals surface area contributed by atoms with Crippen molar-refractivity contribution in [3.63, 3.8) is 0 Å². The molecule has 0 bridgehead atoms. The highest BCUT2D eigenvalue weighted by Crippen LogP contribution is 2.17. The first-order chi connectivity index (χ1) is 10.8. The van der Waals surface area contributed by atoms with Gasteiger partial charge in [-0.1, -0.05) is 77.0 Å². The maximum Gasteiger partial charge on any atom is 0.306 e. The normalized spacial score (nSPS) is 25.5. The molecule has 1 unspecified atom stereocenters. The van der Waals surface area contributed by atoms with Crippen molar-refractivity contribution in [1.82, 2.24) is 0 Å². The summed E-state index contributed by atoms with van der Waals surface area (Å²) in [6, 6.07) is 0. The second kappa shape index (κ2) is 14.0. The highest BCUT2D eigenvalue weighted by Gasteiger charge is 2.16. The number of ether oxygens (including phenoxy) is 1. The van der Waals surface area contributed by atoms with Crippen molar-refractivity contribution in [2.75, 3.05) is 13.2 Å². The van der Waals surface area contributed by atoms with Gasteiger partial charge in [0.1, 0.15) is 0 Å². The van der Waals surface area contributed by atoms with Crippen LogP contribution in [0.15, 0.2) is 0 Å². The minimum atomic E-state index is -0.644. The molecular weight excluding hydrogens is 276 g/mol. The smallest absolute Gasteiger partial charge is 0.306 e. The van der Waals surface area contributed by atoms with E-state index in [9.17, 15) is 9.90 Å². The number of aliphatic carboxylic acids is 1. The van der Waals surface area contributed by atoms with Crippen molar-refractivity contribution in [2.24, 2.45) is 5.92 Å². The minimum absolute atomic E-state index is 0.206. The predicted molar refractivity (Wildman–Crippen MR) is 91.2 cm³/mol. The average Bonchev–Trinajstić information content (AvgIpc) is 2.50. The van der Waals surface area contributed by atoms with E-state index in [1.54, 1.807) is 0 Å². The lowest BCUT2D eigenvalue weighted by atomic mass is 9.97. The predicted octanol–water partition coefficient (Wildman–Crippen LogP) is 5.57. The van der Waals surface area contributed by atoms with Gasteiger partial charge in [-0.2, -0.15) is 0 Å². The molecule has 1 atom stereocenters. The molecule has 3 nitrogen and oxygen atoms in total. The maximum absolute atomic E-state index is 11.3. The minimum Gasteiger partial charge on any atom is -0.481 e. The van der Waals surface area contributed by atoms with Crippen molar-refractivity contribution in [3.05, 3.63) is 0 Å². The molecule has 3 heteroatoms. The number of carboxylic acids is 1. The van der Waals surface area contributed by atoms with Crippen LogP contribution in [0.4, 0.5) is 0 Å². The fourth-order valence-electron chi connectivity index (χ4n) is 3.26. The Morgan fingerprint density at radius 2 is 1.09 bits per heavy atom. The van der Waals surface area contributed by atoms with Crippen molar-refractivity contribution in [2.45, 2.75) is 96.3 Å². The number of carboxylic acid groups (broad SMARTS) is 1. The quantitative estimate of drug-likeness (QED) is 0.688. The third kappa shape index (κ3) is 11.1. The summed E-state index contributed by atoms with van der Waals surface area (Å²) in [5.74, 6) is -0.850. The lowest BCUT2D eigenvalue weighted by Crippen LogP contribution is -2.16. The molecule has 0 amide bonds. The first-order valence-electron chi connectivity index (χ1n) is 9.61. The zero-order chi connectivity index (χ0) is 15.9. The second-order valence-corrected chi connectivity index (χ2v) is 6.82. The van der Waals surface area contributed by atoms with Crippen LogP contribution in [0.1, 0.15) is 96.3 Å². The van der Waals surface area contributed by atoms with E-state index >= 15 is 0 Å². The SMILES string of the molecule is O=C(O)C1CCCCCCCCCCCCCCCOCC1. The van der Waals surface area contributed by atoms with Crippen LogP contribution in [0.25, 0.3) is 0 Å². The van der Waals surface area contributed by atoms with Crippen LogP contribution >= 0.6 is 0 Å². The average molecular weight is 312 g/mol. The third-order valence-electron chi connectivity index (χ3n) is 4.80. The molecule has 0 spiro atoms. The Bertz CT molecular complexity index is 245. The summed E-state index contributed by atoms with van der Waals surface area (Å²) in [5.41, 5.74) is 0. The zero-order valence-electron chi connectivity index (χ0n) is 14.4. The Morgan fingerprint density at radius 1 is 0.636 bits per heavy atom. The lowest BCUT2D eigenvalue weighted by molar-refractivity contribution is -0.142. The summed E-state index contributed by atoms with van der Waals surface area (Å²) in [6.45, 7) is 1.41. The van der Waals surface area contributed by atoms with Gasteiger partial charge in [0.05, 0.1) is 5.92 Å². The first kappa shape index (κ1) is 19.5. The van der Waals surface area contributed by atoms with E-state index in [-0.39, 0.29) is 5.92 Å². The van der Waals surface area contributed by atoms with Gasteiger partial charge < -0.3 is 9.84 Å². The van der Waals surface area contributed by atoms with E-state index < -0.39 is 5.97 Å². The van der Waals surface area contributed by atoms with Gasteiger partial charge in [-0.05, 0) is 19.3 Å². The molecule has 1 aliphatic rings. The van der Waals surface area contributed by atoms with E-state index in [0.717, 1.165) is 25.9 Å². The van der Waals surface area contributed by atoms with Crippen molar-refractivity contribution in [3.8, 4) is 0 Å². The monoisotopic (exact) mass is 312 g/mol. The summed E-state index contributed by atoms with van der Waals surface area (Å²) in [7, 11) is 0. The molecule has 130 valence electrons. The molecule has 0 aromatic rings. The Kier molecular flexibility index (Phi) is 12.4. The lowest BCUT2D eigenvalue weighted by Gasteiger charge is -2.12. The molecule has 1 N–H and O–H groups in total. The van der Waals surface area contributed by atoms with Crippen LogP contribution in [-0.4, -0.2) is 24.3 Å². The van der Waals surface area contributed by atoms with Gasteiger partial charge in [-0.3, -0.25) is 4.79 Å². The van der Waals surface area contributed by atoms with E-state index in [0.29, 0.717) is 13.0 Å². The molecule has 1 heterocycles. The van der Waals surface area contributed by atoms with Crippen LogP contribution in [0.2, 0.25) is 0 Å². The number of rotatable bonds is 1. The maximum atomic E-state index is 11.3. The van der Waals surface area contributed by atoms with E-state index in [4.69, 9.17) is 4.74 Å². The Hall–Kier alpha value is -0.570. The molecule has 1 aliphatic heterocycles. The van der Waals surface area contributed by atoms with Crippen LogP contribution in [0.5, 0.6) is 0 Å². The number of hydrogen-bond acceptors (Lipinski definition) is 2. The van der Waals surface area contributed by atoms with Crippen molar-refractivity contribution in [1.29, 1.82) is 0 Å². The van der Waals surface area contributed by atoms with Gasteiger partial charge in [-0.25, -0.2) is 0 Å². The molecule has 0 aliphatic carbocycles. The molecule has 1 fully saturated rings. The van der Waals surface area contributed by atoms with Crippen LogP contribution in [0.3, 0.4) is 0 Å². The topological polar surface area (TPSA) is 46.5 Å². The number of hydrogen-bond donors (Lipinski definition) is 1. The summed E-state index contributed by atoms with van der Waals surface area (Å²) in [4.78, 5) is 11.3. The highest BCUT2D eigenvalue weighted by atomic mass is 16.5. The highest BCUT2D eigenvalue weighted by molar-refractivity contribution is 5.69. The number of carbonyl (C=O) groups is 1. The van der Waals surface area contributed by atoms with Crippen LogP contribution in [-0.2, 0) is 9.53 Å². The standard InChI is InChI=1S/C19H36O3/c20-19(21)18-14-12-10-8-6-4-2-1-3-5-7-9-11-13-16-22-17-15-18/h18H,1-17H2,(H,20,21). The van der Waals surface area contributed by atoms with Gasteiger partial charge >= 0.3 is 5.97 Å². The van der Waals surface area contributed by atoms with Crippen molar-refractivity contribution < 1.29 is 14.6 Å². The summed E-state index contributed by atoms with van der Waals surface area (Å²) >= 11 is 0. The molecular formula is C19H36O3. The van der Waals surface area contributed by atoms with Gasteiger partial charge in [-0.15, -0.1) is 0 Å². The Morgan fingerprint density at radius 3 is 1.59 bits per heavy atom. The summed E-state index contributed by atoms with van der Waals surface area (Å²) < 4.78 is 5.62. The third-order valence-corrected chi connectivity index (χ3v) is 4.80. The molecule has 1 rings (SSSR count). The van der Waals surface area contributed by atoms with Crippen LogP contribution < -0.4 is 0 Å². The Labute approximate surface area is 136 Å². The zero-order valence-corrected chi connectivity index (χ0v) is 14.4. The first-order valence-corrected chi connectivity index (χ1v) is 9.61. The fraction of sp³-hybridized carbons (Fsp3) is 0.947. The van der Waals surface area contributed by atoms with E-state index in [2.05, 4.69) is 0 Å². The van der Waals surface area contributed by atoms with E-state index in [1.807, 2.05) is 0 Å². The molecule has 22 heavy (non-hydrogen) atoms. The van der Waals surface area contributed by atoms with Gasteiger partial charge in [0.15, 0.2) is 0 Å². The van der Waals surface area contributed by atoms with Gasteiger partial charge in [0, 0.05) is 13.2 Å². The molecule has 0 saturated carbocycles. The summed E-state index contributed by atoms with van der Waals surface area (Å²) in [5, 5.41) is 9.27. The molecule has 0 aromatic heterocycles. The molecule has 1 saturated heterocycles. The largest absolute Gasteiger partial charge is 0.481 e. The Balaban J connectivity index is 2.23. The van der Waals surface area contributed by atoms with Gasteiger partial charge in [0.2, 0.25) is 0 Å². The van der Waals surface area contributed by atoms with Gasteiger partial charge in [0.25, 0.3) is 0 Å². The summed E-state index contributed by atoms with van der Waals surface area (Å²) in [6.07, 6.45) is 18.3. The second-order valence-electron chi connectivity index (χ2n) is 6.82. The van der Waals surface area contributed by atoms with Crippen molar-refractivity contribution >= 4 is 5.97 Å².